The summed E-state index contributed by atoms with van der Waals surface area (Å²) in [6.07, 6.45) is 0.731. The van der Waals surface area contributed by atoms with Gasteiger partial charge in [-0.25, -0.2) is 0 Å². The highest BCUT2D eigenvalue weighted by molar-refractivity contribution is 5.83. The van der Waals surface area contributed by atoms with Crippen LogP contribution in [0.4, 0.5) is 0 Å². The molecule has 0 rings (SSSR count). The van der Waals surface area contributed by atoms with Crippen molar-refractivity contribution in [2.75, 3.05) is 20.2 Å². The molecule has 0 heterocycles. The van der Waals surface area contributed by atoms with E-state index < -0.39 is 17.4 Å². The second-order valence-corrected chi connectivity index (χ2v) is 5.30. The number of aliphatic carboxylic acids is 1. The van der Waals surface area contributed by atoms with Crippen LogP contribution >= 0.6 is 0 Å². The van der Waals surface area contributed by atoms with Gasteiger partial charge in [-0.2, -0.15) is 0 Å². The van der Waals surface area contributed by atoms with Crippen LogP contribution < -0.4 is 0 Å². The maximum Gasteiger partial charge on any atom is 0.325 e. The molecule has 0 aliphatic carbocycles. The smallest absolute Gasteiger partial charge is 0.325 e. The summed E-state index contributed by atoms with van der Waals surface area (Å²) in [5, 5.41) is 8.79. The molecule has 0 aromatic heterocycles. The van der Waals surface area contributed by atoms with Crippen LogP contribution in [0.25, 0.3) is 0 Å². The van der Waals surface area contributed by atoms with Crippen molar-refractivity contribution in [1.82, 2.24) is 4.90 Å². The molecule has 1 amide bonds. The van der Waals surface area contributed by atoms with E-state index in [0.717, 1.165) is 6.42 Å². The van der Waals surface area contributed by atoms with Gasteiger partial charge in [0, 0.05) is 13.0 Å². The third-order valence-electron chi connectivity index (χ3n) is 2.65. The minimum absolute atomic E-state index is 0.0864. The van der Waals surface area contributed by atoms with Gasteiger partial charge in [0.2, 0.25) is 5.91 Å². The molecule has 0 aromatic carbocycles. The van der Waals surface area contributed by atoms with E-state index in [-0.39, 0.29) is 25.3 Å². The van der Waals surface area contributed by atoms with E-state index in [0.29, 0.717) is 6.54 Å². The summed E-state index contributed by atoms with van der Waals surface area (Å²) in [6, 6.07) is 0. The number of carboxylic acid groups (broad SMARTS) is 1. The number of carbonyl (C=O) groups excluding carboxylic acids is 2. The summed E-state index contributed by atoms with van der Waals surface area (Å²) in [6.45, 7) is 5.71. The largest absolute Gasteiger partial charge is 0.481 e. The number of hydrogen-bond acceptors (Lipinski definition) is 4. The number of methoxy groups -OCH3 is 1. The summed E-state index contributed by atoms with van der Waals surface area (Å²) in [5.41, 5.74) is -0.634. The van der Waals surface area contributed by atoms with Gasteiger partial charge in [-0.3, -0.25) is 14.4 Å². The number of ether oxygens (including phenoxy) is 1. The molecule has 110 valence electrons. The predicted octanol–water partition coefficient (Wildman–Crippen LogP) is 1.29. The fraction of sp³-hybridized carbons (Fsp3) is 0.769. The van der Waals surface area contributed by atoms with E-state index in [9.17, 15) is 14.4 Å². The Morgan fingerprint density at radius 2 is 1.79 bits per heavy atom. The number of nitrogens with zero attached hydrogens (tertiary/aromatic N) is 1. The zero-order chi connectivity index (χ0) is 15.1. The highest BCUT2D eigenvalue weighted by Gasteiger charge is 2.28. The molecule has 19 heavy (non-hydrogen) atoms. The molecule has 0 unspecified atom stereocenters. The Hall–Kier alpha value is -1.59. The van der Waals surface area contributed by atoms with E-state index in [1.54, 1.807) is 13.8 Å². The monoisotopic (exact) mass is 273 g/mol. The third-order valence-corrected chi connectivity index (χ3v) is 2.65. The first-order chi connectivity index (χ1) is 8.71. The Morgan fingerprint density at radius 1 is 1.21 bits per heavy atom. The van der Waals surface area contributed by atoms with Gasteiger partial charge < -0.3 is 14.7 Å². The standard InChI is InChI=1S/C13H23NO5/c1-5-6-14(9-12(18)19-4)10(15)7-13(2,3)8-11(16)17/h5-9H2,1-4H3,(H,16,17). The van der Waals surface area contributed by atoms with Gasteiger partial charge in [-0.05, 0) is 11.8 Å². The van der Waals surface area contributed by atoms with E-state index in [1.165, 1.54) is 12.0 Å². The normalized spacial score (nSPS) is 10.9. The van der Waals surface area contributed by atoms with Crippen molar-refractivity contribution in [3.8, 4) is 0 Å². The summed E-state index contributed by atoms with van der Waals surface area (Å²) >= 11 is 0. The van der Waals surface area contributed by atoms with Gasteiger partial charge in [0.15, 0.2) is 0 Å². The lowest BCUT2D eigenvalue weighted by Gasteiger charge is -2.27. The Balaban J connectivity index is 4.63. The van der Waals surface area contributed by atoms with Gasteiger partial charge in [0.1, 0.15) is 6.54 Å². The first-order valence-corrected chi connectivity index (χ1v) is 6.28. The SMILES string of the molecule is CCCN(CC(=O)OC)C(=O)CC(C)(C)CC(=O)O. The molecule has 0 aliphatic heterocycles. The van der Waals surface area contributed by atoms with Gasteiger partial charge in [0.05, 0.1) is 13.5 Å². The van der Waals surface area contributed by atoms with Crippen LogP contribution in [0.1, 0.15) is 40.0 Å². The Morgan fingerprint density at radius 3 is 2.21 bits per heavy atom. The van der Waals surface area contributed by atoms with Crippen LogP contribution in [0.5, 0.6) is 0 Å². The molecule has 0 radical (unpaired) electrons. The fourth-order valence-corrected chi connectivity index (χ4v) is 1.78. The number of rotatable bonds is 8. The quantitative estimate of drug-likeness (QED) is 0.674. The number of amides is 1. The van der Waals surface area contributed by atoms with Crippen molar-refractivity contribution in [3.63, 3.8) is 0 Å². The zero-order valence-corrected chi connectivity index (χ0v) is 12.1. The summed E-state index contributed by atoms with van der Waals surface area (Å²) in [4.78, 5) is 35.5. The molecule has 0 aliphatic rings. The van der Waals surface area contributed by atoms with Gasteiger partial charge in [-0.15, -0.1) is 0 Å². The Bertz CT molecular complexity index is 338. The minimum atomic E-state index is -0.937. The van der Waals surface area contributed by atoms with Gasteiger partial charge >= 0.3 is 11.9 Å². The summed E-state index contributed by atoms with van der Waals surface area (Å²) < 4.78 is 4.54. The van der Waals surface area contributed by atoms with Crippen molar-refractivity contribution in [2.24, 2.45) is 5.41 Å². The molecule has 0 spiro atoms. The minimum Gasteiger partial charge on any atom is -0.481 e. The number of hydrogen-bond donors (Lipinski definition) is 1. The Kier molecular flexibility index (Phi) is 7.11. The highest BCUT2D eigenvalue weighted by Crippen LogP contribution is 2.26. The zero-order valence-electron chi connectivity index (χ0n) is 12.1. The number of carbonyl (C=O) groups is 3. The molecule has 0 bridgehead atoms. The van der Waals surface area contributed by atoms with Crippen LogP contribution in [0.2, 0.25) is 0 Å². The molecular formula is C13H23NO5. The molecule has 0 saturated carbocycles. The van der Waals surface area contributed by atoms with E-state index >= 15 is 0 Å². The predicted molar refractivity (Wildman–Crippen MR) is 69.5 cm³/mol. The maximum absolute atomic E-state index is 12.1. The van der Waals surface area contributed by atoms with Crippen molar-refractivity contribution < 1.29 is 24.2 Å². The van der Waals surface area contributed by atoms with Crippen molar-refractivity contribution >= 4 is 17.8 Å². The molecule has 0 atom stereocenters. The lowest BCUT2D eigenvalue weighted by Crippen LogP contribution is -2.39. The second-order valence-electron chi connectivity index (χ2n) is 5.30. The topological polar surface area (TPSA) is 83.9 Å². The Labute approximate surface area is 113 Å². The summed E-state index contributed by atoms with van der Waals surface area (Å²) in [5.74, 6) is -1.64. The molecular weight excluding hydrogens is 250 g/mol. The molecule has 0 fully saturated rings. The average molecular weight is 273 g/mol. The van der Waals surface area contributed by atoms with E-state index in [1.807, 2.05) is 6.92 Å². The van der Waals surface area contributed by atoms with Crippen molar-refractivity contribution in [1.29, 1.82) is 0 Å². The molecule has 6 nitrogen and oxygen atoms in total. The van der Waals surface area contributed by atoms with Crippen LogP contribution in [-0.4, -0.2) is 48.1 Å². The number of esters is 1. The van der Waals surface area contributed by atoms with Crippen LogP contribution in [0.15, 0.2) is 0 Å². The molecule has 0 aromatic rings. The second kappa shape index (κ2) is 7.76. The van der Waals surface area contributed by atoms with Crippen molar-refractivity contribution in [2.45, 2.75) is 40.0 Å². The van der Waals surface area contributed by atoms with Crippen LogP contribution in [-0.2, 0) is 19.1 Å². The van der Waals surface area contributed by atoms with Crippen molar-refractivity contribution in [3.05, 3.63) is 0 Å². The van der Waals surface area contributed by atoms with Crippen LogP contribution in [0.3, 0.4) is 0 Å². The first kappa shape index (κ1) is 17.4. The molecule has 6 heteroatoms. The lowest BCUT2D eigenvalue weighted by molar-refractivity contribution is -0.148. The third kappa shape index (κ3) is 7.43. The average Bonchev–Trinajstić information content (AvgIpc) is 2.25. The lowest BCUT2D eigenvalue weighted by atomic mass is 9.85. The molecule has 0 saturated heterocycles. The maximum atomic E-state index is 12.1. The fourth-order valence-electron chi connectivity index (χ4n) is 1.78. The first-order valence-electron chi connectivity index (χ1n) is 6.28. The number of carboxylic acids is 1. The van der Waals surface area contributed by atoms with E-state index in [2.05, 4.69) is 4.74 Å². The molecule has 1 N–H and O–H groups in total. The van der Waals surface area contributed by atoms with E-state index in [4.69, 9.17) is 5.11 Å². The summed E-state index contributed by atoms with van der Waals surface area (Å²) in [7, 11) is 1.27. The van der Waals surface area contributed by atoms with Gasteiger partial charge in [-0.1, -0.05) is 20.8 Å². The highest BCUT2D eigenvalue weighted by atomic mass is 16.5. The van der Waals surface area contributed by atoms with Gasteiger partial charge in [0.25, 0.3) is 0 Å². The van der Waals surface area contributed by atoms with Crippen LogP contribution in [0, 0.1) is 5.41 Å².